The van der Waals surface area contributed by atoms with E-state index >= 15 is 0 Å². The lowest BCUT2D eigenvalue weighted by Gasteiger charge is -2.36. The Hall–Kier alpha value is -1.70. The van der Waals surface area contributed by atoms with Crippen molar-refractivity contribution >= 4 is 17.2 Å². The summed E-state index contributed by atoms with van der Waals surface area (Å²) >= 11 is 1.48. The molecular weight excluding hydrogens is 348 g/mol. The summed E-state index contributed by atoms with van der Waals surface area (Å²) in [6, 6.07) is 4.52. The van der Waals surface area contributed by atoms with E-state index in [1.165, 1.54) is 11.3 Å². The fourth-order valence-electron chi connectivity index (χ4n) is 4.01. The van der Waals surface area contributed by atoms with Gasteiger partial charge in [-0.3, -0.25) is 9.69 Å². The molecule has 1 atom stereocenters. The Morgan fingerprint density at radius 3 is 2.58 bits per heavy atom. The molecule has 2 aromatic heterocycles. The first-order valence-corrected chi connectivity index (χ1v) is 10.1. The molecule has 0 radical (unpaired) electrons. The number of methoxy groups -OCH3 is 1. The second kappa shape index (κ2) is 7.50. The summed E-state index contributed by atoms with van der Waals surface area (Å²) in [7, 11) is 1.80. The second-order valence-corrected chi connectivity index (χ2v) is 8.14. The first kappa shape index (κ1) is 17.7. The summed E-state index contributed by atoms with van der Waals surface area (Å²) in [5.74, 6) is 0.132. The van der Waals surface area contributed by atoms with Gasteiger partial charge in [-0.05, 0) is 38.3 Å². The molecule has 6 nitrogen and oxygen atoms in total. The number of aryl methyl sites for hydroxylation is 1. The highest BCUT2D eigenvalue weighted by molar-refractivity contribution is 7.16. The SMILES string of the molecule is COC1CCN(C2CCN(C(=O)c3sc(-n4cccc4)nc3C)CC2)C1. The van der Waals surface area contributed by atoms with E-state index in [2.05, 4.69) is 9.88 Å². The lowest BCUT2D eigenvalue weighted by Crippen LogP contribution is -2.46. The fourth-order valence-corrected chi connectivity index (χ4v) is 5.01. The highest BCUT2D eigenvalue weighted by Crippen LogP contribution is 2.27. The zero-order valence-corrected chi connectivity index (χ0v) is 16.2. The molecule has 2 aliphatic rings. The number of carbonyl (C=O) groups excluding carboxylic acids is 1. The van der Waals surface area contributed by atoms with Gasteiger partial charge in [-0.2, -0.15) is 0 Å². The van der Waals surface area contributed by atoms with Gasteiger partial charge < -0.3 is 14.2 Å². The standard InChI is InChI=1S/C19H26N4O2S/c1-14-17(26-19(20-14)22-8-3-4-9-22)18(24)21-10-5-15(6-11-21)23-12-7-16(13-23)25-2/h3-4,8-9,15-16H,5-7,10-13H2,1-2H3. The average molecular weight is 375 g/mol. The third-order valence-electron chi connectivity index (χ3n) is 5.58. The number of ether oxygens (including phenoxy) is 1. The number of carbonyl (C=O) groups is 1. The quantitative estimate of drug-likeness (QED) is 0.825. The van der Waals surface area contributed by atoms with Crippen LogP contribution in [0.5, 0.6) is 0 Å². The van der Waals surface area contributed by atoms with Crippen LogP contribution in [-0.4, -0.2) is 70.7 Å². The first-order chi connectivity index (χ1) is 12.7. The molecule has 0 bridgehead atoms. The Kier molecular flexibility index (Phi) is 5.11. The molecule has 0 N–H and O–H groups in total. The van der Waals surface area contributed by atoms with E-state index in [1.54, 1.807) is 7.11 Å². The largest absolute Gasteiger partial charge is 0.380 e. The van der Waals surface area contributed by atoms with Crippen LogP contribution in [0.15, 0.2) is 24.5 Å². The van der Waals surface area contributed by atoms with E-state index in [0.29, 0.717) is 12.1 Å². The van der Waals surface area contributed by atoms with Gasteiger partial charge in [-0.15, -0.1) is 0 Å². The van der Waals surface area contributed by atoms with Gasteiger partial charge in [0, 0.05) is 51.7 Å². The number of thiazole rings is 1. The molecule has 140 valence electrons. The molecule has 2 aliphatic heterocycles. The van der Waals surface area contributed by atoms with Crippen molar-refractivity contribution in [3.05, 3.63) is 35.1 Å². The molecule has 2 saturated heterocycles. The van der Waals surface area contributed by atoms with Crippen molar-refractivity contribution in [1.82, 2.24) is 19.4 Å². The molecule has 0 spiro atoms. The van der Waals surface area contributed by atoms with Crippen molar-refractivity contribution in [2.75, 3.05) is 33.3 Å². The third-order valence-corrected chi connectivity index (χ3v) is 6.74. The Morgan fingerprint density at radius 2 is 1.92 bits per heavy atom. The number of piperidine rings is 1. The van der Waals surface area contributed by atoms with E-state index in [4.69, 9.17) is 4.74 Å². The maximum atomic E-state index is 13.0. The molecule has 2 aromatic rings. The molecule has 1 unspecified atom stereocenters. The molecule has 0 aromatic carbocycles. The number of hydrogen-bond acceptors (Lipinski definition) is 5. The van der Waals surface area contributed by atoms with Gasteiger partial charge in [-0.25, -0.2) is 4.98 Å². The van der Waals surface area contributed by atoms with E-state index in [0.717, 1.165) is 61.1 Å². The molecule has 4 rings (SSSR count). The number of amides is 1. The van der Waals surface area contributed by atoms with Crippen LogP contribution in [0.3, 0.4) is 0 Å². The summed E-state index contributed by atoms with van der Waals surface area (Å²) in [4.78, 5) is 22.9. The lowest BCUT2D eigenvalue weighted by molar-refractivity contribution is 0.0606. The van der Waals surface area contributed by atoms with Crippen LogP contribution < -0.4 is 0 Å². The minimum Gasteiger partial charge on any atom is -0.380 e. The molecule has 2 fully saturated rings. The second-order valence-electron chi connectivity index (χ2n) is 7.17. The molecule has 26 heavy (non-hydrogen) atoms. The van der Waals surface area contributed by atoms with Gasteiger partial charge in [0.15, 0.2) is 5.13 Å². The van der Waals surface area contributed by atoms with E-state index in [-0.39, 0.29) is 5.91 Å². The van der Waals surface area contributed by atoms with Gasteiger partial charge in [0.1, 0.15) is 4.88 Å². The van der Waals surface area contributed by atoms with Crippen LogP contribution in [0.2, 0.25) is 0 Å². The maximum absolute atomic E-state index is 13.0. The van der Waals surface area contributed by atoms with Crippen LogP contribution in [-0.2, 0) is 4.74 Å². The first-order valence-electron chi connectivity index (χ1n) is 9.32. The van der Waals surface area contributed by atoms with E-state index < -0.39 is 0 Å². The van der Waals surface area contributed by atoms with Gasteiger partial charge in [0.25, 0.3) is 5.91 Å². The summed E-state index contributed by atoms with van der Waals surface area (Å²) in [5, 5.41) is 0.855. The van der Waals surface area contributed by atoms with Crippen molar-refractivity contribution in [3.8, 4) is 5.13 Å². The maximum Gasteiger partial charge on any atom is 0.265 e. The molecular formula is C19H26N4O2S. The number of likely N-dealkylation sites (tertiary alicyclic amines) is 2. The van der Waals surface area contributed by atoms with Crippen molar-refractivity contribution in [2.24, 2.45) is 0 Å². The zero-order valence-electron chi connectivity index (χ0n) is 15.4. The van der Waals surface area contributed by atoms with Crippen LogP contribution in [0, 0.1) is 6.92 Å². The summed E-state index contributed by atoms with van der Waals surface area (Å²) in [6.07, 6.45) is 7.51. The number of rotatable bonds is 4. The summed E-state index contributed by atoms with van der Waals surface area (Å²) in [6.45, 7) is 5.73. The van der Waals surface area contributed by atoms with Crippen molar-refractivity contribution in [3.63, 3.8) is 0 Å². The normalized spacial score (nSPS) is 22.2. The minimum absolute atomic E-state index is 0.132. The van der Waals surface area contributed by atoms with Crippen LogP contribution in [0.1, 0.15) is 34.6 Å². The van der Waals surface area contributed by atoms with Gasteiger partial charge in [0.05, 0.1) is 11.8 Å². The number of hydrogen-bond donors (Lipinski definition) is 0. The number of nitrogens with zero attached hydrogens (tertiary/aromatic N) is 4. The predicted octanol–water partition coefficient (Wildman–Crippen LogP) is 2.57. The van der Waals surface area contributed by atoms with Gasteiger partial charge >= 0.3 is 0 Å². The van der Waals surface area contributed by atoms with Gasteiger partial charge in [0.2, 0.25) is 0 Å². The van der Waals surface area contributed by atoms with Crippen LogP contribution >= 0.6 is 11.3 Å². The highest BCUT2D eigenvalue weighted by atomic mass is 32.1. The average Bonchev–Trinajstić information content (AvgIpc) is 3.41. The Bertz CT molecular complexity index is 750. The molecule has 4 heterocycles. The predicted molar refractivity (Wildman–Crippen MR) is 102 cm³/mol. The number of aromatic nitrogens is 2. The topological polar surface area (TPSA) is 50.6 Å². The van der Waals surface area contributed by atoms with E-state index in [1.807, 2.05) is 40.9 Å². The Balaban J connectivity index is 1.38. The van der Waals surface area contributed by atoms with Crippen LogP contribution in [0.4, 0.5) is 0 Å². The highest BCUT2D eigenvalue weighted by Gasteiger charge is 2.32. The summed E-state index contributed by atoms with van der Waals surface area (Å²) < 4.78 is 7.44. The van der Waals surface area contributed by atoms with Gasteiger partial charge in [-0.1, -0.05) is 11.3 Å². The third kappa shape index (κ3) is 3.43. The molecule has 1 amide bonds. The fraction of sp³-hybridized carbons (Fsp3) is 0.579. The molecule has 0 aliphatic carbocycles. The van der Waals surface area contributed by atoms with Crippen molar-refractivity contribution < 1.29 is 9.53 Å². The minimum atomic E-state index is 0.132. The van der Waals surface area contributed by atoms with Crippen molar-refractivity contribution in [2.45, 2.75) is 38.3 Å². The molecule has 7 heteroatoms. The summed E-state index contributed by atoms with van der Waals surface area (Å²) in [5.41, 5.74) is 0.827. The smallest absolute Gasteiger partial charge is 0.265 e. The monoisotopic (exact) mass is 374 g/mol. The van der Waals surface area contributed by atoms with Crippen molar-refractivity contribution in [1.29, 1.82) is 0 Å². The van der Waals surface area contributed by atoms with E-state index in [9.17, 15) is 4.79 Å². The molecule has 0 saturated carbocycles. The Labute approximate surface area is 158 Å². The zero-order chi connectivity index (χ0) is 18.1. The lowest BCUT2D eigenvalue weighted by atomic mass is 10.0. The Morgan fingerprint density at radius 1 is 1.19 bits per heavy atom. The van der Waals surface area contributed by atoms with Crippen LogP contribution in [0.25, 0.3) is 5.13 Å².